The minimum absolute atomic E-state index is 0.0139. The molecule has 168 valence electrons. The van der Waals surface area contributed by atoms with E-state index < -0.39 is 29.3 Å². The lowest BCUT2D eigenvalue weighted by molar-refractivity contribution is 0.0918. The van der Waals surface area contributed by atoms with Crippen LogP contribution in [-0.2, 0) is 0 Å². The molecule has 4 rings (SSSR count). The summed E-state index contributed by atoms with van der Waals surface area (Å²) in [6.07, 6.45) is 8.13. The zero-order valence-electron chi connectivity index (χ0n) is 17.7. The predicted octanol–water partition coefficient (Wildman–Crippen LogP) is 3.81. The maximum Gasteiger partial charge on any atom is 0.273 e. The van der Waals surface area contributed by atoms with E-state index in [1.165, 1.54) is 18.2 Å². The van der Waals surface area contributed by atoms with Gasteiger partial charge in [-0.05, 0) is 61.4 Å². The van der Waals surface area contributed by atoms with E-state index in [9.17, 15) is 18.7 Å². The number of carbonyl (C=O) groups excluding carboxylic acids is 1. The van der Waals surface area contributed by atoms with Crippen molar-refractivity contribution in [2.45, 2.75) is 38.3 Å². The number of aliphatic imine (C=N–C) groups is 1. The van der Waals surface area contributed by atoms with Crippen molar-refractivity contribution in [2.24, 2.45) is 28.5 Å². The molecule has 32 heavy (non-hydrogen) atoms. The Bertz CT molecular complexity index is 1060. The number of hydrogen-bond acceptors (Lipinski definition) is 5. The van der Waals surface area contributed by atoms with Crippen LogP contribution in [0.5, 0.6) is 5.75 Å². The molecular weight excluding hydrogens is 414 g/mol. The van der Waals surface area contributed by atoms with Gasteiger partial charge in [-0.15, -0.1) is 0 Å². The van der Waals surface area contributed by atoms with Crippen molar-refractivity contribution in [3.8, 4) is 17.0 Å². The summed E-state index contributed by atoms with van der Waals surface area (Å²) in [6, 6.07) is 5.47. The first-order valence-corrected chi connectivity index (χ1v) is 10.7. The van der Waals surface area contributed by atoms with Gasteiger partial charge in [0.2, 0.25) is 0 Å². The van der Waals surface area contributed by atoms with Crippen LogP contribution in [0.4, 0.5) is 8.78 Å². The van der Waals surface area contributed by atoms with Crippen molar-refractivity contribution in [1.29, 1.82) is 0 Å². The lowest BCUT2D eigenvalue weighted by Crippen LogP contribution is -2.47. The maximum atomic E-state index is 14.5. The van der Waals surface area contributed by atoms with Crippen molar-refractivity contribution in [2.75, 3.05) is 0 Å². The van der Waals surface area contributed by atoms with E-state index >= 15 is 0 Å². The first-order valence-electron chi connectivity index (χ1n) is 10.7. The molecule has 5 atom stereocenters. The highest BCUT2D eigenvalue weighted by Gasteiger charge is 2.35. The van der Waals surface area contributed by atoms with Gasteiger partial charge < -0.3 is 16.2 Å². The smallest absolute Gasteiger partial charge is 0.273 e. The first kappa shape index (κ1) is 22.1. The minimum atomic E-state index is -0.819. The molecule has 1 aliphatic heterocycles. The topological polar surface area (TPSA) is 101 Å². The van der Waals surface area contributed by atoms with E-state index in [-0.39, 0.29) is 34.9 Å². The van der Waals surface area contributed by atoms with E-state index in [4.69, 9.17) is 5.73 Å². The van der Waals surface area contributed by atoms with Gasteiger partial charge in [-0.3, -0.25) is 9.79 Å². The Morgan fingerprint density at radius 2 is 1.94 bits per heavy atom. The monoisotopic (exact) mass is 440 g/mol. The van der Waals surface area contributed by atoms with E-state index in [0.29, 0.717) is 5.92 Å². The van der Waals surface area contributed by atoms with Gasteiger partial charge in [0.05, 0.1) is 11.7 Å². The molecule has 2 unspecified atom stereocenters. The number of nitrogens with zero attached hydrogens (tertiary/aromatic N) is 2. The number of pyridine rings is 1. The third-order valence-corrected chi connectivity index (χ3v) is 6.20. The van der Waals surface area contributed by atoms with Gasteiger partial charge in [0, 0.05) is 29.9 Å². The van der Waals surface area contributed by atoms with Crippen LogP contribution in [0.2, 0.25) is 0 Å². The van der Waals surface area contributed by atoms with Crippen molar-refractivity contribution in [3.05, 3.63) is 59.9 Å². The number of aromatic nitrogens is 1. The summed E-state index contributed by atoms with van der Waals surface area (Å²) in [7, 11) is 0. The highest BCUT2D eigenvalue weighted by Crippen LogP contribution is 2.36. The lowest BCUT2D eigenvalue weighted by atomic mass is 9.71. The quantitative estimate of drug-likeness (QED) is 0.673. The van der Waals surface area contributed by atoms with Crippen LogP contribution in [-0.4, -0.2) is 34.3 Å². The number of aromatic hydroxyl groups is 1. The molecule has 2 aromatic rings. The Kier molecular flexibility index (Phi) is 6.32. The van der Waals surface area contributed by atoms with Gasteiger partial charge >= 0.3 is 0 Å². The third kappa shape index (κ3) is 4.70. The zero-order valence-corrected chi connectivity index (χ0v) is 17.7. The fourth-order valence-electron chi connectivity index (χ4n) is 4.80. The van der Waals surface area contributed by atoms with Crippen molar-refractivity contribution in [1.82, 2.24) is 10.3 Å². The van der Waals surface area contributed by atoms with Gasteiger partial charge in [-0.25, -0.2) is 13.8 Å². The maximum absolute atomic E-state index is 14.5. The summed E-state index contributed by atoms with van der Waals surface area (Å²) >= 11 is 0. The minimum Gasteiger partial charge on any atom is -0.508 e. The zero-order chi connectivity index (χ0) is 22.8. The van der Waals surface area contributed by atoms with Gasteiger partial charge in [-0.1, -0.05) is 13.0 Å². The Balaban J connectivity index is 1.57. The number of phenols is 1. The number of rotatable bonds is 4. The Hall–Kier alpha value is -3.13. The fourth-order valence-corrected chi connectivity index (χ4v) is 4.80. The van der Waals surface area contributed by atoms with Crippen LogP contribution in [0.15, 0.2) is 47.6 Å². The number of nitrogens with two attached hydrogens (primary N) is 1. The second kappa shape index (κ2) is 9.16. The van der Waals surface area contributed by atoms with Crippen LogP contribution in [0.1, 0.15) is 36.7 Å². The molecule has 1 aliphatic carbocycles. The van der Waals surface area contributed by atoms with Crippen LogP contribution in [0.3, 0.4) is 0 Å². The number of amides is 1. The predicted molar refractivity (Wildman–Crippen MR) is 118 cm³/mol. The molecule has 0 bridgehead atoms. The molecule has 1 aromatic carbocycles. The average molecular weight is 440 g/mol. The molecule has 6 nitrogen and oxygen atoms in total. The van der Waals surface area contributed by atoms with Gasteiger partial charge in [0.15, 0.2) is 11.5 Å². The van der Waals surface area contributed by atoms with Crippen molar-refractivity contribution < 1.29 is 18.7 Å². The van der Waals surface area contributed by atoms with E-state index in [1.807, 2.05) is 6.08 Å². The summed E-state index contributed by atoms with van der Waals surface area (Å²) in [5.41, 5.74) is 5.80. The standard InChI is InChI=1S/C24H26F2N4O2/c1-13-8-14(10-15(27)9-13)17-6-7-28-12-22(17)30-24(32)23-20(26)4-5-21(29-23)18-11-16(31)2-3-19(18)25/h2-7,11-15,17,22,31H,8-10,27H2,1H3,(H,30,32)/t13-,14+,15-,17?,22?/m0/s1. The third-order valence-electron chi connectivity index (χ3n) is 6.20. The van der Waals surface area contributed by atoms with Crippen LogP contribution in [0, 0.1) is 29.4 Å². The molecular formula is C24H26F2N4O2. The highest BCUT2D eigenvalue weighted by molar-refractivity contribution is 5.95. The number of halogens is 2. The van der Waals surface area contributed by atoms with Crippen LogP contribution in [0.25, 0.3) is 11.3 Å². The summed E-state index contributed by atoms with van der Waals surface area (Å²) in [6.45, 7) is 2.17. The van der Waals surface area contributed by atoms with Crippen molar-refractivity contribution >= 4 is 12.1 Å². The number of carbonyl (C=O) groups is 1. The second-order valence-corrected chi connectivity index (χ2v) is 8.74. The van der Waals surface area contributed by atoms with Gasteiger partial charge in [0.1, 0.15) is 11.6 Å². The van der Waals surface area contributed by atoms with Crippen LogP contribution >= 0.6 is 0 Å². The number of phenolic OH excluding ortho intramolecular Hbond substituents is 1. The molecule has 1 aromatic heterocycles. The van der Waals surface area contributed by atoms with Gasteiger partial charge in [-0.2, -0.15) is 0 Å². The molecule has 0 radical (unpaired) electrons. The summed E-state index contributed by atoms with van der Waals surface area (Å²) in [5, 5.41) is 12.5. The molecule has 4 N–H and O–H groups in total. The van der Waals surface area contributed by atoms with Gasteiger partial charge in [0.25, 0.3) is 5.91 Å². The first-order chi connectivity index (χ1) is 15.3. The molecule has 2 heterocycles. The molecule has 1 saturated carbocycles. The van der Waals surface area contributed by atoms with Crippen LogP contribution < -0.4 is 11.1 Å². The largest absolute Gasteiger partial charge is 0.508 e. The lowest BCUT2D eigenvalue weighted by Gasteiger charge is -2.38. The molecule has 8 heteroatoms. The van der Waals surface area contributed by atoms with E-state index in [1.54, 1.807) is 12.4 Å². The molecule has 0 spiro atoms. The summed E-state index contributed by atoms with van der Waals surface area (Å²) in [5.74, 6) is -1.59. The van der Waals surface area contributed by atoms with Crippen molar-refractivity contribution in [3.63, 3.8) is 0 Å². The highest BCUT2D eigenvalue weighted by atomic mass is 19.1. The normalized spacial score (nSPS) is 27.3. The molecule has 2 aliphatic rings. The number of hydrogen-bond donors (Lipinski definition) is 3. The number of benzene rings is 1. The SMILES string of the molecule is C[C@@H]1C[C@H](N)C[C@H](C2C=CN=CC2NC(=O)c2nc(-c3cc(O)ccc3F)ccc2F)C1. The van der Waals surface area contributed by atoms with E-state index in [0.717, 1.165) is 31.4 Å². The average Bonchev–Trinajstić information content (AvgIpc) is 2.75. The van der Waals surface area contributed by atoms with E-state index in [2.05, 4.69) is 22.2 Å². The summed E-state index contributed by atoms with van der Waals surface area (Å²) < 4.78 is 28.7. The second-order valence-electron chi connectivity index (χ2n) is 8.74. The Morgan fingerprint density at radius 3 is 2.72 bits per heavy atom. The fraction of sp³-hybridized carbons (Fsp3) is 0.375. The Morgan fingerprint density at radius 1 is 1.16 bits per heavy atom. The molecule has 0 saturated heterocycles. The molecule has 1 amide bonds. The summed E-state index contributed by atoms with van der Waals surface area (Å²) in [4.78, 5) is 21.2. The Labute approximate surface area is 185 Å². The molecule has 1 fully saturated rings. The number of nitrogens with one attached hydrogen (secondary N) is 1.